The van der Waals surface area contributed by atoms with Gasteiger partial charge >= 0.3 is 5.97 Å². The zero-order valence-electron chi connectivity index (χ0n) is 17.7. The van der Waals surface area contributed by atoms with Crippen molar-refractivity contribution in [2.24, 2.45) is 0 Å². The molecule has 1 atom stereocenters. The third-order valence-electron chi connectivity index (χ3n) is 4.44. The SMILES string of the molecule is CCOc1ccc(/C=C/C(=O)O[C@@H](C)C(=O)Nc2c(C)cccc2C(C)C)cc1. The molecule has 0 aliphatic carbocycles. The maximum Gasteiger partial charge on any atom is 0.331 e. The Kier molecular flexibility index (Phi) is 8.01. The van der Waals surface area contributed by atoms with E-state index < -0.39 is 12.1 Å². The molecule has 0 aromatic heterocycles. The summed E-state index contributed by atoms with van der Waals surface area (Å²) in [5.41, 5.74) is 3.63. The van der Waals surface area contributed by atoms with E-state index in [2.05, 4.69) is 19.2 Å². The summed E-state index contributed by atoms with van der Waals surface area (Å²) in [6, 6.07) is 13.3. The first-order valence-electron chi connectivity index (χ1n) is 9.83. The molecule has 0 heterocycles. The molecule has 0 aliphatic rings. The van der Waals surface area contributed by atoms with Crippen LogP contribution in [0.3, 0.4) is 0 Å². The first-order valence-corrected chi connectivity index (χ1v) is 9.83. The number of hydrogen-bond acceptors (Lipinski definition) is 4. The predicted octanol–water partition coefficient (Wildman–Crippen LogP) is 5.10. The number of benzene rings is 2. The van der Waals surface area contributed by atoms with Crippen LogP contribution in [0.4, 0.5) is 5.69 Å². The van der Waals surface area contributed by atoms with Crippen LogP contribution in [0.15, 0.2) is 48.5 Å². The standard InChI is InChI=1S/C24H29NO4/c1-6-28-20-13-10-19(11-14-20)12-15-22(26)29-18(5)24(27)25-23-17(4)8-7-9-21(23)16(2)3/h7-16,18H,6H2,1-5H3,(H,25,27)/b15-12+/t18-/m0/s1. The molecule has 2 aromatic carbocycles. The van der Waals surface area contributed by atoms with Gasteiger partial charge < -0.3 is 14.8 Å². The van der Waals surface area contributed by atoms with E-state index in [1.165, 1.54) is 6.08 Å². The summed E-state index contributed by atoms with van der Waals surface area (Å²) in [4.78, 5) is 24.6. The van der Waals surface area contributed by atoms with Gasteiger partial charge in [0.1, 0.15) is 5.75 Å². The highest BCUT2D eigenvalue weighted by Crippen LogP contribution is 2.27. The second-order valence-corrected chi connectivity index (χ2v) is 7.10. The van der Waals surface area contributed by atoms with Crippen LogP contribution in [0, 0.1) is 6.92 Å². The van der Waals surface area contributed by atoms with Gasteiger partial charge in [-0.2, -0.15) is 0 Å². The van der Waals surface area contributed by atoms with Crippen molar-refractivity contribution in [1.82, 2.24) is 0 Å². The molecule has 0 bridgehead atoms. The Labute approximate surface area is 172 Å². The van der Waals surface area contributed by atoms with Gasteiger partial charge in [-0.05, 0) is 61.6 Å². The fourth-order valence-corrected chi connectivity index (χ4v) is 2.84. The van der Waals surface area contributed by atoms with E-state index >= 15 is 0 Å². The highest BCUT2D eigenvalue weighted by molar-refractivity contribution is 5.97. The van der Waals surface area contributed by atoms with Crippen LogP contribution in [-0.4, -0.2) is 24.6 Å². The number of amides is 1. The quantitative estimate of drug-likeness (QED) is 0.499. The molecule has 0 radical (unpaired) electrons. The molecule has 2 rings (SSSR count). The van der Waals surface area contributed by atoms with Crippen LogP contribution < -0.4 is 10.1 Å². The topological polar surface area (TPSA) is 64.6 Å². The Hall–Kier alpha value is -3.08. The van der Waals surface area contributed by atoms with Crippen molar-refractivity contribution in [3.8, 4) is 5.75 Å². The number of hydrogen-bond donors (Lipinski definition) is 1. The van der Waals surface area contributed by atoms with Crippen molar-refractivity contribution in [2.45, 2.75) is 46.6 Å². The average molecular weight is 395 g/mol. The number of nitrogens with one attached hydrogen (secondary N) is 1. The van der Waals surface area contributed by atoms with Gasteiger partial charge in [-0.15, -0.1) is 0 Å². The van der Waals surface area contributed by atoms with Crippen molar-refractivity contribution < 1.29 is 19.1 Å². The van der Waals surface area contributed by atoms with Crippen LogP contribution in [0.5, 0.6) is 5.75 Å². The summed E-state index contributed by atoms with van der Waals surface area (Å²) in [7, 11) is 0. The van der Waals surface area contributed by atoms with Gasteiger partial charge in [0, 0.05) is 11.8 Å². The highest BCUT2D eigenvalue weighted by atomic mass is 16.5. The van der Waals surface area contributed by atoms with E-state index in [1.54, 1.807) is 13.0 Å². The lowest BCUT2D eigenvalue weighted by Crippen LogP contribution is -2.30. The maximum atomic E-state index is 12.5. The number of esters is 1. The maximum absolute atomic E-state index is 12.5. The van der Waals surface area contributed by atoms with Crippen molar-refractivity contribution in [3.05, 3.63) is 65.2 Å². The number of ether oxygens (including phenoxy) is 2. The van der Waals surface area contributed by atoms with E-state index in [-0.39, 0.29) is 11.8 Å². The Balaban J connectivity index is 1.96. The molecule has 0 saturated heterocycles. The summed E-state index contributed by atoms with van der Waals surface area (Å²) in [5, 5.41) is 2.90. The van der Waals surface area contributed by atoms with Crippen molar-refractivity contribution in [1.29, 1.82) is 0 Å². The Bertz CT molecular complexity index is 869. The number of carbonyl (C=O) groups is 2. The molecule has 29 heavy (non-hydrogen) atoms. The molecule has 0 unspecified atom stereocenters. The molecule has 0 aliphatic heterocycles. The minimum Gasteiger partial charge on any atom is -0.494 e. The van der Waals surface area contributed by atoms with Crippen molar-refractivity contribution >= 4 is 23.6 Å². The first-order chi connectivity index (χ1) is 13.8. The molecule has 5 heteroatoms. The Morgan fingerprint density at radius 2 is 1.76 bits per heavy atom. The third-order valence-corrected chi connectivity index (χ3v) is 4.44. The first kappa shape index (κ1) is 22.2. The second kappa shape index (κ2) is 10.5. The number of para-hydroxylation sites is 1. The van der Waals surface area contributed by atoms with E-state index in [9.17, 15) is 9.59 Å². The molecule has 2 aromatic rings. The minimum atomic E-state index is -0.910. The molecular formula is C24H29NO4. The fourth-order valence-electron chi connectivity index (χ4n) is 2.84. The van der Waals surface area contributed by atoms with E-state index in [0.717, 1.165) is 28.1 Å². The van der Waals surface area contributed by atoms with Crippen LogP contribution in [-0.2, 0) is 14.3 Å². The summed E-state index contributed by atoms with van der Waals surface area (Å²) < 4.78 is 10.6. The summed E-state index contributed by atoms with van der Waals surface area (Å²) >= 11 is 0. The lowest BCUT2D eigenvalue weighted by molar-refractivity contribution is -0.148. The molecule has 5 nitrogen and oxygen atoms in total. The molecule has 0 fully saturated rings. The van der Waals surface area contributed by atoms with Crippen LogP contribution in [0.25, 0.3) is 6.08 Å². The van der Waals surface area contributed by atoms with Crippen LogP contribution in [0.2, 0.25) is 0 Å². The predicted molar refractivity (Wildman–Crippen MR) is 116 cm³/mol. The van der Waals surface area contributed by atoms with Gasteiger partial charge in [-0.3, -0.25) is 4.79 Å². The minimum absolute atomic E-state index is 0.264. The summed E-state index contributed by atoms with van der Waals surface area (Å²) in [5.74, 6) is 0.106. The largest absolute Gasteiger partial charge is 0.494 e. The molecule has 154 valence electrons. The highest BCUT2D eigenvalue weighted by Gasteiger charge is 2.19. The summed E-state index contributed by atoms with van der Waals surface area (Å²) in [6.07, 6.45) is 2.04. The van der Waals surface area contributed by atoms with Crippen molar-refractivity contribution in [2.75, 3.05) is 11.9 Å². The van der Waals surface area contributed by atoms with Gasteiger partial charge in [-0.25, -0.2) is 4.79 Å². The van der Waals surface area contributed by atoms with Crippen LogP contribution in [0.1, 0.15) is 50.3 Å². The monoisotopic (exact) mass is 395 g/mol. The van der Waals surface area contributed by atoms with Gasteiger partial charge in [0.05, 0.1) is 6.61 Å². The zero-order chi connectivity index (χ0) is 21.4. The van der Waals surface area contributed by atoms with E-state index in [4.69, 9.17) is 9.47 Å². The lowest BCUT2D eigenvalue weighted by atomic mass is 9.98. The Morgan fingerprint density at radius 3 is 2.38 bits per heavy atom. The molecule has 0 spiro atoms. The number of aryl methyl sites for hydroxylation is 1. The van der Waals surface area contributed by atoms with Gasteiger partial charge in [-0.1, -0.05) is 44.2 Å². The van der Waals surface area contributed by atoms with E-state index in [0.29, 0.717) is 6.61 Å². The number of rotatable bonds is 8. The number of anilines is 1. The van der Waals surface area contributed by atoms with Gasteiger partial charge in [0.2, 0.25) is 0 Å². The lowest BCUT2D eigenvalue weighted by Gasteiger charge is -2.18. The van der Waals surface area contributed by atoms with E-state index in [1.807, 2.05) is 56.3 Å². The molecule has 1 amide bonds. The Morgan fingerprint density at radius 1 is 1.07 bits per heavy atom. The molecular weight excluding hydrogens is 366 g/mol. The zero-order valence-corrected chi connectivity index (χ0v) is 17.7. The molecule has 0 saturated carbocycles. The normalized spacial score (nSPS) is 12.1. The third kappa shape index (κ3) is 6.49. The van der Waals surface area contributed by atoms with Crippen LogP contribution >= 0.6 is 0 Å². The number of carbonyl (C=O) groups excluding carboxylic acids is 2. The van der Waals surface area contributed by atoms with Gasteiger partial charge in [0.15, 0.2) is 6.10 Å². The second-order valence-electron chi connectivity index (χ2n) is 7.10. The molecule has 1 N–H and O–H groups in total. The smallest absolute Gasteiger partial charge is 0.331 e. The summed E-state index contributed by atoms with van der Waals surface area (Å²) in [6.45, 7) is 10.2. The van der Waals surface area contributed by atoms with Crippen molar-refractivity contribution in [3.63, 3.8) is 0 Å². The average Bonchev–Trinajstić information content (AvgIpc) is 2.69. The van der Waals surface area contributed by atoms with Gasteiger partial charge in [0.25, 0.3) is 5.91 Å². The fraction of sp³-hybridized carbons (Fsp3) is 0.333.